The van der Waals surface area contributed by atoms with Gasteiger partial charge in [-0.15, -0.1) is 0 Å². The zero-order chi connectivity index (χ0) is 13.5. The molecule has 0 aromatic heterocycles. The van der Waals surface area contributed by atoms with Crippen molar-refractivity contribution in [3.05, 3.63) is 0 Å². The molecule has 4 nitrogen and oxygen atoms in total. The molecule has 2 bridgehead atoms. The first-order valence-electron chi connectivity index (χ1n) is 7.39. The molecule has 0 saturated heterocycles. The largest absolute Gasteiger partial charge is 0.235 e. The van der Waals surface area contributed by atoms with Crippen LogP contribution in [0.4, 0.5) is 0 Å². The Labute approximate surface area is 113 Å². The van der Waals surface area contributed by atoms with Crippen molar-refractivity contribution < 1.29 is 9.59 Å². The van der Waals surface area contributed by atoms with Crippen LogP contribution in [0.2, 0.25) is 0 Å². The topological polar surface area (TPSA) is 58.9 Å². The fourth-order valence-corrected chi connectivity index (χ4v) is 5.52. The fourth-order valence-electron chi connectivity index (χ4n) is 5.52. The van der Waals surface area contributed by atoms with Crippen molar-refractivity contribution in [1.82, 2.24) is 0 Å². The van der Waals surface area contributed by atoms with E-state index in [1.807, 2.05) is 0 Å². The zero-order valence-corrected chi connectivity index (χ0v) is 11.3. The molecule has 6 unspecified atom stereocenters. The van der Waals surface area contributed by atoms with Crippen LogP contribution in [-0.4, -0.2) is 24.2 Å². The van der Waals surface area contributed by atoms with Gasteiger partial charge in [0.1, 0.15) is 0 Å². The number of hydrogen-bond acceptors (Lipinski definition) is 4. The molecule has 0 aliphatic heterocycles. The normalized spacial score (nSPS) is 46.5. The van der Waals surface area contributed by atoms with Crippen LogP contribution >= 0.6 is 0 Å². The van der Waals surface area contributed by atoms with E-state index in [0.29, 0.717) is 17.8 Å². The second-order valence-corrected chi connectivity index (χ2v) is 6.54. The lowest BCUT2D eigenvalue weighted by Gasteiger charge is -2.39. The average molecular weight is 260 g/mol. The number of carbonyl (C=O) groups excluding carboxylic acids is 2. The molecule has 3 fully saturated rings. The highest BCUT2D eigenvalue weighted by molar-refractivity contribution is 5.36. The predicted octanol–water partition coefficient (Wildman–Crippen LogP) is 2.63. The Hall–Kier alpha value is -1.24. The lowest BCUT2D eigenvalue weighted by Crippen LogP contribution is -2.38. The van der Waals surface area contributed by atoms with Gasteiger partial charge in [0.2, 0.25) is 12.2 Å². The number of rotatable bonds is 4. The molecule has 3 aliphatic carbocycles. The van der Waals surface area contributed by atoms with E-state index in [0.717, 1.165) is 32.1 Å². The quantitative estimate of drug-likeness (QED) is 0.576. The molecule has 3 saturated carbocycles. The van der Waals surface area contributed by atoms with E-state index in [1.54, 1.807) is 12.2 Å². The molecule has 0 amide bonds. The molecule has 19 heavy (non-hydrogen) atoms. The molecule has 6 atom stereocenters. The van der Waals surface area contributed by atoms with E-state index < -0.39 is 0 Å². The lowest BCUT2D eigenvalue weighted by atomic mass is 9.66. The second-order valence-electron chi connectivity index (χ2n) is 6.54. The van der Waals surface area contributed by atoms with Crippen LogP contribution in [0.1, 0.15) is 45.4 Å². The van der Waals surface area contributed by atoms with Crippen LogP contribution in [0.3, 0.4) is 0 Å². The molecule has 0 heterocycles. The zero-order valence-electron chi connectivity index (χ0n) is 11.3. The van der Waals surface area contributed by atoms with Crippen LogP contribution in [0, 0.1) is 23.2 Å². The van der Waals surface area contributed by atoms with Crippen molar-refractivity contribution in [3.8, 4) is 0 Å². The van der Waals surface area contributed by atoms with Gasteiger partial charge in [-0.25, -0.2) is 19.6 Å². The van der Waals surface area contributed by atoms with Gasteiger partial charge in [-0.2, -0.15) is 0 Å². The summed E-state index contributed by atoms with van der Waals surface area (Å²) in [6.07, 6.45) is 10.0. The third-order valence-corrected chi connectivity index (χ3v) is 5.92. The number of nitrogens with zero attached hydrogens (tertiary/aromatic N) is 2. The Morgan fingerprint density at radius 2 is 1.95 bits per heavy atom. The minimum absolute atomic E-state index is 0.158. The van der Waals surface area contributed by atoms with Crippen molar-refractivity contribution in [2.45, 2.75) is 57.5 Å². The number of hydrogen-bond donors (Lipinski definition) is 0. The smallest absolute Gasteiger partial charge is 0.211 e. The van der Waals surface area contributed by atoms with Crippen molar-refractivity contribution in [2.24, 2.45) is 33.2 Å². The molecule has 102 valence electrons. The number of isocyanates is 2. The average Bonchev–Trinajstić information content (AvgIpc) is 3.00. The Morgan fingerprint density at radius 1 is 1.16 bits per heavy atom. The first-order valence-corrected chi connectivity index (χ1v) is 7.39. The second kappa shape index (κ2) is 4.70. The maximum absolute atomic E-state index is 10.7. The Bertz CT molecular complexity index is 465. The molecule has 3 rings (SSSR count). The summed E-state index contributed by atoms with van der Waals surface area (Å²) in [7, 11) is 0. The van der Waals surface area contributed by atoms with Crippen LogP contribution in [0.5, 0.6) is 0 Å². The molecule has 0 aromatic carbocycles. The highest BCUT2D eigenvalue weighted by Gasteiger charge is 2.64. The van der Waals surface area contributed by atoms with Crippen LogP contribution < -0.4 is 0 Å². The molecular formula is C15H20N2O2. The van der Waals surface area contributed by atoms with Gasteiger partial charge in [0, 0.05) is 0 Å². The first kappa shape index (κ1) is 12.8. The van der Waals surface area contributed by atoms with E-state index in [4.69, 9.17) is 0 Å². The summed E-state index contributed by atoms with van der Waals surface area (Å²) in [5, 5.41) is 0. The standard InChI is InChI=1S/C15H20N2O2/c1-2-3-15-7-10(4-14(15)17-9-19)12-5-11(16-8-18)6-13(12)15/h10-14H,2-7H2,1H3. The van der Waals surface area contributed by atoms with E-state index in [-0.39, 0.29) is 17.5 Å². The number of aliphatic imine (C=N–C) groups is 2. The lowest BCUT2D eigenvalue weighted by molar-refractivity contribution is 0.114. The predicted molar refractivity (Wildman–Crippen MR) is 70.1 cm³/mol. The molecule has 4 heteroatoms. The minimum Gasteiger partial charge on any atom is -0.211 e. The Kier molecular flexibility index (Phi) is 3.16. The molecule has 3 aliphatic rings. The summed E-state index contributed by atoms with van der Waals surface area (Å²) < 4.78 is 0. The molecule has 0 aromatic rings. The van der Waals surface area contributed by atoms with Gasteiger partial charge in [0.25, 0.3) is 0 Å². The third-order valence-electron chi connectivity index (χ3n) is 5.92. The maximum Gasteiger partial charge on any atom is 0.235 e. The van der Waals surface area contributed by atoms with Crippen LogP contribution in [0.15, 0.2) is 9.98 Å². The molecule has 0 radical (unpaired) electrons. The highest BCUT2D eigenvalue weighted by Crippen LogP contribution is 2.68. The molecule has 0 N–H and O–H groups in total. The van der Waals surface area contributed by atoms with Crippen LogP contribution in [0.25, 0.3) is 0 Å². The Morgan fingerprint density at radius 3 is 2.63 bits per heavy atom. The van der Waals surface area contributed by atoms with Gasteiger partial charge in [-0.1, -0.05) is 13.3 Å². The summed E-state index contributed by atoms with van der Waals surface area (Å²) in [6.45, 7) is 2.20. The SMILES string of the molecule is CCCC12CC(CC1N=C=O)C1CC(N=C=O)CC12. The van der Waals surface area contributed by atoms with Gasteiger partial charge in [-0.05, 0) is 55.3 Å². The number of fused-ring (bicyclic) bond motifs is 5. The molecule has 0 spiro atoms. The van der Waals surface area contributed by atoms with Gasteiger partial charge >= 0.3 is 0 Å². The summed E-state index contributed by atoms with van der Waals surface area (Å²) in [5.41, 5.74) is 0.189. The maximum atomic E-state index is 10.7. The van der Waals surface area contributed by atoms with Gasteiger partial charge in [0.05, 0.1) is 12.1 Å². The van der Waals surface area contributed by atoms with Crippen LogP contribution in [-0.2, 0) is 9.59 Å². The monoisotopic (exact) mass is 260 g/mol. The molecular weight excluding hydrogens is 240 g/mol. The third kappa shape index (κ3) is 1.74. The van der Waals surface area contributed by atoms with Crippen molar-refractivity contribution in [2.75, 3.05) is 0 Å². The van der Waals surface area contributed by atoms with Crippen molar-refractivity contribution in [1.29, 1.82) is 0 Å². The van der Waals surface area contributed by atoms with Crippen molar-refractivity contribution >= 4 is 12.2 Å². The summed E-state index contributed by atoms with van der Waals surface area (Å²) in [5.74, 6) is 1.95. The van der Waals surface area contributed by atoms with E-state index in [1.165, 1.54) is 6.42 Å². The Balaban J connectivity index is 1.90. The van der Waals surface area contributed by atoms with E-state index >= 15 is 0 Å². The van der Waals surface area contributed by atoms with E-state index in [2.05, 4.69) is 16.9 Å². The highest BCUT2D eigenvalue weighted by atomic mass is 16.1. The summed E-state index contributed by atoms with van der Waals surface area (Å²) in [6, 6.07) is 0.320. The van der Waals surface area contributed by atoms with Gasteiger partial charge in [-0.3, -0.25) is 0 Å². The minimum atomic E-state index is 0.158. The van der Waals surface area contributed by atoms with Crippen molar-refractivity contribution in [3.63, 3.8) is 0 Å². The summed E-state index contributed by atoms with van der Waals surface area (Å²) in [4.78, 5) is 29.2. The van der Waals surface area contributed by atoms with E-state index in [9.17, 15) is 9.59 Å². The first-order chi connectivity index (χ1) is 9.25. The van der Waals surface area contributed by atoms with Gasteiger partial charge < -0.3 is 0 Å². The van der Waals surface area contributed by atoms with Gasteiger partial charge in [0.15, 0.2) is 0 Å². The summed E-state index contributed by atoms with van der Waals surface area (Å²) >= 11 is 0. The fraction of sp³-hybridized carbons (Fsp3) is 0.867.